The molecule has 0 fully saturated rings. The molecule has 0 saturated carbocycles. The molecular weight excluding hydrogens is 240 g/mol. The monoisotopic (exact) mass is 260 g/mol. The summed E-state index contributed by atoms with van der Waals surface area (Å²) in [6.07, 6.45) is 8.34. The maximum atomic E-state index is 5.24. The summed E-state index contributed by atoms with van der Waals surface area (Å²) in [5.74, 6) is 0.767. The molecule has 2 rings (SSSR count). The molecular formula is C14H20N4O. The molecule has 0 spiro atoms. The number of hydrogen-bond donors (Lipinski definition) is 1. The summed E-state index contributed by atoms with van der Waals surface area (Å²) in [6.45, 7) is 3.09. The van der Waals surface area contributed by atoms with Crippen LogP contribution < -0.4 is 10.1 Å². The van der Waals surface area contributed by atoms with E-state index in [2.05, 4.69) is 22.2 Å². The first-order chi connectivity index (χ1) is 9.26. The van der Waals surface area contributed by atoms with Gasteiger partial charge in [-0.2, -0.15) is 0 Å². The van der Waals surface area contributed by atoms with Gasteiger partial charge in [0.15, 0.2) is 0 Å². The van der Waals surface area contributed by atoms with Crippen LogP contribution in [0, 0.1) is 0 Å². The van der Waals surface area contributed by atoms with E-state index in [1.165, 1.54) is 0 Å². The predicted molar refractivity (Wildman–Crippen MR) is 74.1 cm³/mol. The smallest absolute Gasteiger partial charge is 0.137 e. The van der Waals surface area contributed by atoms with Gasteiger partial charge in [0.1, 0.15) is 5.75 Å². The molecule has 0 bridgehead atoms. The normalized spacial score (nSPS) is 12.4. The molecule has 0 radical (unpaired) electrons. The van der Waals surface area contributed by atoms with Gasteiger partial charge in [0.05, 0.1) is 37.6 Å². The molecule has 19 heavy (non-hydrogen) atoms. The maximum absolute atomic E-state index is 5.24. The molecule has 102 valence electrons. The lowest BCUT2D eigenvalue weighted by Gasteiger charge is -2.19. The van der Waals surface area contributed by atoms with Crippen LogP contribution in [0.1, 0.15) is 30.6 Å². The molecule has 2 heterocycles. The first-order valence-electron chi connectivity index (χ1n) is 6.44. The molecule has 5 nitrogen and oxygen atoms in total. The van der Waals surface area contributed by atoms with Crippen LogP contribution in [0.3, 0.4) is 0 Å². The van der Waals surface area contributed by atoms with E-state index in [-0.39, 0.29) is 6.04 Å². The van der Waals surface area contributed by atoms with E-state index in [9.17, 15) is 0 Å². The van der Waals surface area contributed by atoms with E-state index >= 15 is 0 Å². The van der Waals surface area contributed by atoms with Crippen molar-refractivity contribution < 1.29 is 4.74 Å². The third-order valence-corrected chi connectivity index (χ3v) is 3.05. The van der Waals surface area contributed by atoms with Crippen LogP contribution >= 0.6 is 0 Å². The number of rotatable bonds is 6. The minimum Gasteiger partial charge on any atom is -0.495 e. The zero-order valence-electron chi connectivity index (χ0n) is 11.6. The SMILES string of the molecule is CCCNC(c1cncc(OC)c1)c1cncn1C. The predicted octanol–water partition coefficient (Wildman–Crippen LogP) is 1.91. The lowest BCUT2D eigenvalue weighted by molar-refractivity contribution is 0.411. The summed E-state index contributed by atoms with van der Waals surface area (Å²) in [4.78, 5) is 8.42. The van der Waals surface area contributed by atoms with Crippen molar-refractivity contribution in [3.8, 4) is 5.75 Å². The van der Waals surface area contributed by atoms with Gasteiger partial charge >= 0.3 is 0 Å². The summed E-state index contributed by atoms with van der Waals surface area (Å²) in [7, 11) is 3.65. The Balaban J connectivity index is 2.34. The molecule has 0 aliphatic heterocycles. The summed E-state index contributed by atoms with van der Waals surface area (Å²) >= 11 is 0. The number of ether oxygens (including phenoxy) is 1. The van der Waals surface area contributed by atoms with E-state index in [1.807, 2.05) is 36.4 Å². The van der Waals surface area contributed by atoms with Crippen molar-refractivity contribution >= 4 is 0 Å². The Labute approximate surface area is 113 Å². The number of nitrogens with one attached hydrogen (secondary N) is 1. The first kappa shape index (κ1) is 13.5. The topological polar surface area (TPSA) is 52.0 Å². The number of hydrogen-bond acceptors (Lipinski definition) is 4. The van der Waals surface area contributed by atoms with Crippen LogP contribution in [0.15, 0.2) is 31.0 Å². The average Bonchev–Trinajstić information content (AvgIpc) is 2.86. The molecule has 2 aromatic heterocycles. The summed E-state index contributed by atoms with van der Waals surface area (Å²) in [5, 5.41) is 3.52. The highest BCUT2D eigenvalue weighted by Crippen LogP contribution is 2.23. The third-order valence-electron chi connectivity index (χ3n) is 3.05. The molecule has 1 N–H and O–H groups in total. The van der Waals surface area contributed by atoms with Crippen molar-refractivity contribution in [2.75, 3.05) is 13.7 Å². The fraction of sp³-hybridized carbons (Fsp3) is 0.429. The quantitative estimate of drug-likeness (QED) is 0.862. The molecule has 0 amide bonds. The van der Waals surface area contributed by atoms with Gasteiger partial charge < -0.3 is 14.6 Å². The molecule has 0 saturated heterocycles. The highest BCUT2D eigenvalue weighted by Gasteiger charge is 2.17. The average molecular weight is 260 g/mol. The van der Waals surface area contributed by atoms with Gasteiger partial charge in [-0.05, 0) is 24.6 Å². The van der Waals surface area contributed by atoms with Crippen molar-refractivity contribution in [3.05, 3.63) is 42.2 Å². The van der Waals surface area contributed by atoms with Crippen LogP contribution in [0.4, 0.5) is 0 Å². The van der Waals surface area contributed by atoms with Crippen molar-refractivity contribution in [1.82, 2.24) is 19.9 Å². The molecule has 0 aromatic carbocycles. The van der Waals surface area contributed by atoms with Crippen molar-refractivity contribution in [2.45, 2.75) is 19.4 Å². The van der Waals surface area contributed by atoms with Gasteiger partial charge in [0, 0.05) is 13.2 Å². The van der Waals surface area contributed by atoms with Crippen LogP contribution in [0.5, 0.6) is 5.75 Å². The van der Waals surface area contributed by atoms with E-state index in [0.29, 0.717) is 0 Å². The minimum atomic E-state index is 0.0787. The molecule has 1 unspecified atom stereocenters. The number of nitrogens with zero attached hydrogens (tertiary/aromatic N) is 3. The Kier molecular flexibility index (Phi) is 4.52. The largest absolute Gasteiger partial charge is 0.495 e. The summed E-state index contributed by atoms with van der Waals surface area (Å²) < 4.78 is 7.27. The standard InChI is InChI=1S/C14H20N4O/c1-4-5-17-14(13-9-16-10-18(13)2)11-6-12(19-3)8-15-7-11/h6-10,14,17H,4-5H2,1-3H3. The second-order valence-electron chi connectivity index (χ2n) is 4.47. The molecule has 0 aliphatic rings. The van der Waals surface area contributed by atoms with Gasteiger partial charge in [-0.3, -0.25) is 4.98 Å². The second-order valence-corrected chi connectivity index (χ2v) is 4.47. The van der Waals surface area contributed by atoms with Gasteiger partial charge in [-0.15, -0.1) is 0 Å². The zero-order valence-corrected chi connectivity index (χ0v) is 11.6. The van der Waals surface area contributed by atoms with Crippen LogP contribution in [-0.2, 0) is 7.05 Å². The third kappa shape index (κ3) is 3.12. The van der Waals surface area contributed by atoms with Crippen LogP contribution in [0.25, 0.3) is 0 Å². The minimum absolute atomic E-state index is 0.0787. The summed E-state index contributed by atoms with van der Waals surface area (Å²) in [5.41, 5.74) is 2.19. The second kappa shape index (κ2) is 6.33. The Morgan fingerprint density at radius 1 is 1.32 bits per heavy atom. The molecule has 0 aliphatic carbocycles. The number of imidazole rings is 1. The van der Waals surface area contributed by atoms with Crippen molar-refractivity contribution in [2.24, 2.45) is 7.05 Å². The van der Waals surface area contributed by atoms with E-state index in [0.717, 1.165) is 30.0 Å². The van der Waals surface area contributed by atoms with E-state index < -0.39 is 0 Å². The van der Waals surface area contributed by atoms with Crippen molar-refractivity contribution in [1.29, 1.82) is 0 Å². The number of aryl methyl sites for hydroxylation is 1. The molecule has 5 heteroatoms. The Bertz CT molecular complexity index is 524. The van der Waals surface area contributed by atoms with Gasteiger partial charge in [0.25, 0.3) is 0 Å². The Morgan fingerprint density at radius 2 is 2.16 bits per heavy atom. The summed E-state index contributed by atoms with van der Waals surface area (Å²) in [6, 6.07) is 2.09. The molecule has 2 aromatic rings. The Hall–Kier alpha value is -1.88. The van der Waals surface area contributed by atoms with E-state index in [1.54, 1.807) is 13.3 Å². The highest BCUT2D eigenvalue weighted by molar-refractivity contribution is 5.31. The van der Waals surface area contributed by atoms with Gasteiger partial charge in [0.2, 0.25) is 0 Å². The maximum Gasteiger partial charge on any atom is 0.137 e. The lowest BCUT2D eigenvalue weighted by atomic mass is 10.1. The van der Waals surface area contributed by atoms with Gasteiger partial charge in [-0.1, -0.05) is 6.92 Å². The lowest BCUT2D eigenvalue weighted by Crippen LogP contribution is -2.25. The number of aromatic nitrogens is 3. The zero-order chi connectivity index (χ0) is 13.7. The number of pyridine rings is 1. The van der Waals surface area contributed by atoms with E-state index in [4.69, 9.17) is 4.74 Å². The highest BCUT2D eigenvalue weighted by atomic mass is 16.5. The van der Waals surface area contributed by atoms with Gasteiger partial charge in [-0.25, -0.2) is 4.98 Å². The van der Waals surface area contributed by atoms with Crippen molar-refractivity contribution in [3.63, 3.8) is 0 Å². The fourth-order valence-electron chi connectivity index (χ4n) is 2.03. The number of methoxy groups -OCH3 is 1. The first-order valence-corrected chi connectivity index (χ1v) is 6.44. The Morgan fingerprint density at radius 3 is 2.79 bits per heavy atom. The van der Waals surface area contributed by atoms with Crippen LogP contribution in [0.2, 0.25) is 0 Å². The molecule has 1 atom stereocenters. The van der Waals surface area contributed by atoms with Crippen LogP contribution in [-0.4, -0.2) is 28.2 Å². The fourth-order valence-corrected chi connectivity index (χ4v) is 2.03.